The maximum atomic E-state index is 3.72. The third-order valence-corrected chi connectivity index (χ3v) is 4.50. The maximum absolute atomic E-state index is 3.72. The minimum atomic E-state index is 0.477. The van der Waals surface area contributed by atoms with Crippen LogP contribution >= 0.6 is 0 Å². The number of hydrogen-bond acceptors (Lipinski definition) is 1. The van der Waals surface area contributed by atoms with Gasteiger partial charge in [-0.2, -0.15) is 0 Å². The molecule has 1 N–H and O–H groups in total. The van der Waals surface area contributed by atoms with Gasteiger partial charge in [0.25, 0.3) is 0 Å². The Bertz CT molecular complexity index is 364. The summed E-state index contributed by atoms with van der Waals surface area (Å²) in [5.74, 6) is 1.85. The SMILES string of the molecule is Cc1ccccc1C(C)NCC1CCC(C)CC1. The van der Waals surface area contributed by atoms with Gasteiger partial charge in [0, 0.05) is 6.04 Å². The Hall–Kier alpha value is -0.820. The quantitative estimate of drug-likeness (QED) is 0.825. The number of aryl methyl sites for hydroxylation is 1. The molecular weight excluding hydrogens is 218 g/mol. The van der Waals surface area contributed by atoms with Crippen LogP contribution in [-0.2, 0) is 0 Å². The monoisotopic (exact) mass is 245 g/mol. The fourth-order valence-corrected chi connectivity index (χ4v) is 3.06. The van der Waals surface area contributed by atoms with Crippen LogP contribution in [0.5, 0.6) is 0 Å². The second kappa shape index (κ2) is 6.38. The first-order valence-electron chi connectivity index (χ1n) is 7.45. The molecule has 1 unspecified atom stereocenters. The normalized spacial score (nSPS) is 25.9. The first-order valence-corrected chi connectivity index (χ1v) is 7.45. The topological polar surface area (TPSA) is 12.0 Å². The summed E-state index contributed by atoms with van der Waals surface area (Å²) in [6.45, 7) is 8.06. The molecule has 1 aromatic rings. The Kier molecular flexibility index (Phi) is 4.82. The van der Waals surface area contributed by atoms with Gasteiger partial charge in [-0.25, -0.2) is 0 Å². The van der Waals surface area contributed by atoms with Crippen molar-refractivity contribution in [1.29, 1.82) is 0 Å². The second-order valence-corrected chi connectivity index (χ2v) is 6.11. The number of nitrogens with one attached hydrogen (secondary N) is 1. The molecule has 0 spiro atoms. The van der Waals surface area contributed by atoms with Gasteiger partial charge in [0.1, 0.15) is 0 Å². The number of benzene rings is 1. The van der Waals surface area contributed by atoms with E-state index in [1.54, 1.807) is 0 Å². The van der Waals surface area contributed by atoms with E-state index < -0.39 is 0 Å². The average molecular weight is 245 g/mol. The van der Waals surface area contributed by atoms with Crippen molar-refractivity contribution in [2.24, 2.45) is 11.8 Å². The zero-order chi connectivity index (χ0) is 13.0. The van der Waals surface area contributed by atoms with Crippen molar-refractivity contribution in [3.05, 3.63) is 35.4 Å². The molecule has 0 heterocycles. The molecule has 2 rings (SSSR count). The van der Waals surface area contributed by atoms with Gasteiger partial charge in [0.05, 0.1) is 0 Å². The first kappa shape index (κ1) is 13.6. The van der Waals surface area contributed by atoms with Gasteiger partial charge in [-0.05, 0) is 56.2 Å². The highest BCUT2D eigenvalue weighted by atomic mass is 14.9. The van der Waals surface area contributed by atoms with E-state index in [1.807, 2.05) is 0 Å². The fourth-order valence-electron chi connectivity index (χ4n) is 3.06. The molecule has 0 amide bonds. The van der Waals surface area contributed by atoms with E-state index in [-0.39, 0.29) is 0 Å². The molecule has 1 heteroatoms. The predicted octanol–water partition coefficient (Wildman–Crippen LogP) is 4.47. The molecule has 1 fully saturated rings. The summed E-state index contributed by atoms with van der Waals surface area (Å²) in [5, 5.41) is 3.72. The maximum Gasteiger partial charge on any atom is 0.0294 e. The van der Waals surface area contributed by atoms with Gasteiger partial charge in [-0.3, -0.25) is 0 Å². The highest BCUT2D eigenvalue weighted by Gasteiger charge is 2.18. The lowest BCUT2D eigenvalue weighted by Gasteiger charge is -2.28. The summed E-state index contributed by atoms with van der Waals surface area (Å²) >= 11 is 0. The Morgan fingerprint density at radius 3 is 2.50 bits per heavy atom. The van der Waals surface area contributed by atoms with E-state index in [2.05, 4.69) is 50.4 Å². The summed E-state index contributed by atoms with van der Waals surface area (Å²) in [7, 11) is 0. The third-order valence-electron chi connectivity index (χ3n) is 4.50. The van der Waals surface area contributed by atoms with E-state index in [9.17, 15) is 0 Å². The highest BCUT2D eigenvalue weighted by molar-refractivity contribution is 5.28. The zero-order valence-corrected chi connectivity index (χ0v) is 12.1. The molecule has 0 saturated heterocycles. The summed E-state index contributed by atoms with van der Waals surface area (Å²) in [6, 6.07) is 9.19. The third kappa shape index (κ3) is 3.58. The molecule has 100 valence electrons. The summed E-state index contributed by atoms with van der Waals surface area (Å²) in [5.41, 5.74) is 2.84. The minimum Gasteiger partial charge on any atom is -0.310 e. The Labute approximate surface area is 112 Å². The van der Waals surface area contributed by atoms with Gasteiger partial charge in [-0.1, -0.05) is 44.0 Å². The average Bonchev–Trinajstić information content (AvgIpc) is 2.38. The first-order chi connectivity index (χ1) is 8.66. The van der Waals surface area contributed by atoms with Crippen molar-refractivity contribution < 1.29 is 0 Å². The largest absolute Gasteiger partial charge is 0.310 e. The van der Waals surface area contributed by atoms with Crippen molar-refractivity contribution in [2.75, 3.05) is 6.54 Å². The van der Waals surface area contributed by atoms with Crippen LogP contribution in [0.2, 0.25) is 0 Å². The van der Waals surface area contributed by atoms with Crippen LogP contribution < -0.4 is 5.32 Å². The van der Waals surface area contributed by atoms with E-state index in [1.165, 1.54) is 43.4 Å². The second-order valence-electron chi connectivity index (χ2n) is 6.11. The molecule has 0 radical (unpaired) electrons. The van der Waals surface area contributed by atoms with Crippen LogP contribution in [0.15, 0.2) is 24.3 Å². The summed E-state index contributed by atoms with van der Waals surface area (Å²) in [4.78, 5) is 0. The van der Waals surface area contributed by atoms with Gasteiger partial charge in [0.2, 0.25) is 0 Å². The lowest BCUT2D eigenvalue weighted by atomic mass is 9.83. The smallest absolute Gasteiger partial charge is 0.0294 e. The summed E-state index contributed by atoms with van der Waals surface area (Å²) < 4.78 is 0. The molecule has 1 aromatic carbocycles. The molecule has 18 heavy (non-hydrogen) atoms. The van der Waals surface area contributed by atoms with E-state index in [4.69, 9.17) is 0 Å². The van der Waals surface area contributed by atoms with Crippen molar-refractivity contribution in [3.63, 3.8) is 0 Å². The Morgan fingerprint density at radius 2 is 1.83 bits per heavy atom. The standard InChI is InChI=1S/C17H27N/c1-13-8-10-16(11-9-13)12-18-15(3)17-7-5-4-6-14(17)2/h4-7,13,15-16,18H,8-12H2,1-3H3. The van der Waals surface area contributed by atoms with E-state index in [0.717, 1.165) is 11.8 Å². The van der Waals surface area contributed by atoms with Crippen LogP contribution in [0, 0.1) is 18.8 Å². The molecule has 1 atom stereocenters. The van der Waals surface area contributed by atoms with Crippen molar-refractivity contribution in [1.82, 2.24) is 5.32 Å². The predicted molar refractivity (Wildman–Crippen MR) is 78.7 cm³/mol. The van der Waals surface area contributed by atoms with Crippen LogP contribution in [0.3, 0.4) is 0 Å². The van der Waals surface area contributed by atoms with Crippen LogP contribution in [0.25, 0.3) is 0 Å². The van der Waals surface area contributed by atoms with Crippen molar-refractivity contribution >= 4 is 0 Å². The van der Waals surface area contributed by atoms with E-state index in [0.29, 0.717) is 6.04 Å². The zero-order valence-electron chi connectivity index (χ0n) is 12.1. The fraction of sp³-hybridized carbons (Fsp3) is 0.647. The molecular formula is C17H27N. The molecule has 1 nitrogen and oxygen atoms in total. The molecule has 1 aliphatic carbocycles. The van der Waals surface area contributed by atoms with Crippen LogP contribution in [0.1, 0.15) is 56.7 Å². The van der Waals surface area contributed by atoms with Gasteiger partial charge in [0.15, 0.2) is 0 Å². The minimum absolute atomic E-state index is 0.477. The van der Waals surface area contributed by atoms with Gasteiger partial charge < -0.3 is 5.32 Å². The van der Waals surface area contributed by atoms with Crippen LogP contribution in [-0.4, -0.2) is 6.54 Å². The Balaban J connectivity index is 1.81. The molecule has 1 aliphatic rings. The van der Waals surface area contributed by atoms with Crippen molar-refractivity contribution in [2.45, 2.75) is 52.5 Å². The lowest BCUT2D eigenvalue weighted by molar-refractivity contribution is 0.276. The lowest BCUT2D eigenvalue weighted by Crippen LogP contribution is -2.28. The van der Waals surface area contributed by atoms with Crippen LogP contribution in [0.4, 0.5) is 0 Å². The van der Waals surface area contributed by atoms with Gasteiger partial charge >= 0.3 is 0 Å². The van der Waals surface area contributed by atoms with Crippen molar-refractivity contribution in [3.8, 4) is 0 Å². The van der Waals surface area contributed by atoms with Gasteiger partial charge in [-0.15, -0.1) is 0 Å². The highest BCUT2D eigenvalue weighted by Crippen LogP contribution is 2.28. The molecule has 0 aliphatic heterocycles. The summed E-state index contributed by atoms with van der Waals surface area (Å²) in [6.07, 6.45) is 5.67. The number of rotatable bonds is 4. The number of hydrogen-bond donors (Lipinski definition) is 1. The molecule has 0 aromatic heterocycles. The molecule has 1 saturated carbocycles. The Morgan fingerprint density at radius 1 is 1.17 bits per heavy atom. The molecule has 0 bridgehead atoms. The van der Waals surface area contributed by atoms with E-state index >= 15 is 0 Å².